The first-order chi connectivity index (χ1) is 10.7. The SMILES string of the molecule is NCC1(CC(=O)NCC2(c3ccccc3)CC2)CCCCC1. The Bertz CT molecular complexity index is 501. The standard InChI is InChI=1S/C19H28N2O/c20-14-18(9-5-2-6-10-18)13-17(22)21-15-19(11-12-19)16-7-3-1-4-8-16/h1,3-4,7-8H,2,5-6,9-15,20H2,(H,21,22). The molecule has 2 saturated carbocycles. The molecule has 1 aromatic carbocycles. The molecule has 2 fully saturated rings. The molecule has 0 spiro atoms. The number of rotatable bonds is 6. The third-order valence-corrected chi connectivity index (χ3v) is 5.75. The topological polar surface area (TPSA) is 55.1 Å². The van der Waals surface area contributed by atoms with Crippen molar-refractivity contribution in [2.24, 2.45) is 11.1 Å². The second-order valence-electron chi connectivity index (χ2n) is 7.36. The van der Waals surface area contributed by atoms with E-state index >= 15 is 0 Å². The van der Waals surface area contributed by atoms with Crippen LogP contribution in [0.5, 0.6) is 0 Å². The molecule has 22 heavy (non-hydrogen) atoms. The first-order valence-electron chi connectivity index (χ1n) is 8.71. The maximum atomic E-state index is 12.4. The summed E-state index contributed by atoms with van der Waals surface area (Å²) in [5.41, 5.74) is 7.61. The Morgan fingerprint density at radius 2 is 1.73 bits per heavy atom. The molecule has 3 nitrogen and oxygen atoms in total. The highest BCUT2D eigenvalue weighted by Gasteiger charge is 2.44. The van der Waals surface area contributed by atoms with E-state index in [9.17, 15) is 4.79 Å². The van der Waals surface area contributed by atoms with Gasteiger partial charge >= 0.3 is 0 Å². The van der Waals surface area contributed by atoms with Gasteiger partial charge in [0.25, 0.3) is 0 Å². The van der Waals surface area contributed by atoms with Gasteiger partial charge in [-0.25, -0.2) is 0 Å². The van der Waals surface area contributed by atoms with Crippen molar-refractivity contribution >= 4 is 5.91 Å². The van der Waals surface area contributed by atoms with E-state index in [0.29, 0.717) is 13.0 Å². The first kappa shape index (κ1) is 15.5. The van der Waals surface area contributed by atoms with Crippen molar-refractivity contribution in [1.29, 1.82) is 0 Å². The van der Waals surface area contributed by atoms with Gasteiger partial charge in [-0.1, -0.05) is 49.6 Å². The van der Waals surface area contributed by atoms with Gasteiger partial charge in [0.15, 0.2) is 0 Å². The Hall–Kier alpha value is -1.35. The van der Waals surface area contributed by atoms with Gasteiger partial charge in [0, 0.05) is 18.4 Å². The largest absolute Gasteiger partial charge is 0.355 e. The Balaban J connectivity index is 1.54. The van der Waals surface area contributed by atoms with Crippen molar-refractivity contribution in [3.63, 3.8) is 0 Å². The molecular formula is C19H28N2O. The summed E-state index contributed by atoms with van der Waals surface area (Å²) >= 11 is 0. The highest BCUT2D eigenvalue weighted by Crippen LogP contribution is 2.47. The number of benzene rings is 1. The Labute approximate surface area is 133 Å². The molecule has 3 heteroatoms. The maximum absolute atomic E-state index is 12.4. The van der Waals surface area contributed by atoms with Gasteiger partial charge in [-0.15, -0.1) is 0 Å². The van der Waals surface area contributed by atoms with Crippen LogP contribution in [0.2, 0.25) is 0 Å². The number of carbonyl (C=O) groups is 1. The van der Waals surface area contributed by atoms with Crippen LogP contribution in [0.1, 0.15) is 56.9 Å². The molecule has 0 heterocycles. The van der Waals surface area contributed by atoms with Crippen LogP contribution in [-0.2, 0) is 10.2 Å². The van der Waals surface area contributed by atoms with E-state index in [-0.39, 0.29) is 16.7 Å². The molecule has 0 radical (unpaired) electrons. The lowest BCUT2D eigenvalue weighted by Crippen LogP contribution is -2.40. The minimum atomic E-state index is 0.0613. The summed E-state index contributed by atoms with van der Waals surface area (Å²) in [6.07, 6.45) is 8.92. The summed E-state index contributed by atoms with van der Waals surface area (Å²) in [7, 11) is 0. The lowest BCUT2D eigenvalue weighted by molar-refractivity contribution is -0.124. The van der Waals surface area contributed by atoms with E-state index in [2.05, 4.69) is 29.6 Å². The lowest BCUT2D eigenvalue weighted by atomic mass is 9.71. The number of nitrogens with one attached hydrogen (secondary N) is 1. The van der Waals surface area contributed by atoms with Crippen molar-refractivity contribution in [3.05, 3.63) is 35.9 Å². The van der Waals surface area contributed by atoms with Gasteiger partial charge < -0.3 is 11.1 Å². The summed E-state index contributed by atoms with van der Waals surface area (Å²) < 4.78 is 0. The predicted octanol–water partition coefficient (Wildman–Crippen LogP) is 3.13. The van der Waals surface area contributed by atoms with Crippen molar-refractivity contribution in [3.8, 4) is 0 Å². The van der Waals surface area contributed by atoms with Gasteiger partial charge in [0.05, 0.1) is 0 Å². The molecule has 0 aliphatic heterocycles. The van der Waals surface area contributed by atoms with Crippen LogP contribution in [-0.4, -0.2) is 19.0 Å². The van der Waals surface area contributed by atoms with Crippen molar-refractivity contribution in [1.82, 2.24) is 5.32 Å². The van der Waals surface area contributed by atoms with E-state index in [1.807, 2.05) is 6.07 Å². The van der Waals surface area contributed by atoms with E-state index < -0.39 is 0 Å². The van der Waals surface area contributed by atoms with Crippen molar-refractivity contribution in [2.75, 3.05) is 13.1 Å². The number of hydrogen-bond donors (Lipinski definition) is 2. The molecule has 2 aliphatic rings. The number of nitrogens with two attached hydrogens (primary N) is 1. The van der Waals surface area contributed by atoms with Crippen LogP contribution in [0.15, 0.2) is 30.3 Å². The molecule has 2 aliphatic carbocycles. The van der Waals surface area contributed by atoms with Gasteiger partial charge in [-0.3, -0.25) is 4.79 Å². The van der Waals surface area contributed by atoms with Crippen LogP contribution in [0.4, 0.5) is 0 Å². The molecule has 1 amide bonds. The van der Waals surface area contributed by atoms with E-state index in [4.69, 9.17) is 5.73 Å². The molecule has 0 atom stereocenters. The summed E-state index contributed by atoms with van der Waals surface area (Å²) in [4.78, 5) is 12.4. The van der Waals surface area contributed by atoms with E-state index in [1.165, 1.54) is 37.7 Å². The fraction of sp³-hybridized carbons (Fsp3) is 0.632. The predicted molar refractivity (Wildman–Crippen MR) is 89.6 cm³/mol. The minimum Gasteiger partial charge on any atom is -0.355 e. The van der Waals surface area contributed by atoms with Crippen LogP contribution < -0.4 is 11.1 Å². The summed E-state index contributed by atoms with van der Waals surface area (Å²) in [6, 6.07) is 10.6. The molecule has 0 aromatic heterocycles. The summed E-state index contributed by atoms with van der Waals surface area (Å²) in [6.45, 7) is 1.42. The quantitative estimate of drug-likeness (QED) is 0.848. The molecular weight excluding hydrogens is 272 g/mol. The van der Waals surface area contributed by atoms with E-state index in [0.717, 1.165) is 19.4 Å². The van der Waals surface area contributed by atoms with Gasteiger partial charge in [-0.2, -0.15) is 0 Å². The third kappa shape index (κ3) is 3.35. The Kier molecular flexibility index (Phi) is 4.53. The van der Waals surface area contributed by atoms with Crippen LogP contribution in [0.3, 0.4) is 0 Å². The highest BCUT2D eigenvalue weighted by molar-refractivity contribution is 5.77. The zero-order chi connectivity index (χ0) is 15.5. The normalized spacial score (nSPS) is 22.0. The average Bonchev–Trinajstić information content (AvgIpc) is 3.36. The Morgan fingerprint density at radius 1 is 1.05 bits per heavy atom. The molecule has 3 rings (SSSR count). The zero-order valence-corrected chi connectivity index (χ0v) is 13.4. The fourth-order valence-electron chi connectivity index (χ4n) is 3.94. The lowest BCUT2D eigenvalue weighted by Gasteiger charge is -2.35. The van der Waals surface area contributed by atoms with Gasteiger partial charge in [0.1, 0.15) is 0 Å². The summed E-state index contributed by atoms with van der Waals surface area (Å²) in [5, 5.41) is 3.20. The van der Waals surface area contributed by atoms with Gasteiger partial charge in [0.2, 0.25) is 5.91 Å². The second kappa shape index (κ2) is 6.41. The van der Waals surface area contributed by atoms with Crippen molar-refractivity contribution in [2.45, 2.75) is 56.8 Å². The van der Waals surface area contributed by atoms with Crippen LogP contribution in [0, 0.1) is 5.41 Å². The molecule has 3 N–H and O–H groups in total. The molecule has 0 unspecified atom stereocenters. The number of amides is 1. The monoisotopic (exact) mass is 300 g/mol. The van der Waals surface area contributed by atoms with Crippen LogP contribution >= 0.6 is 0 Å². The van der Waals surface area contributed by atoms with Crippen LogP contribution in [0.25, 0.3) is 0 Å². The summed E-state index contributed by atoms with van der Waals surface area (Å²) in [5.74, 6) is 0.189. The number of carbonyl (C=O) groups excluding carboxylic acids is 1. The number of hydrogen-bond acceptors (Lipinski definition) is 2. The zero-order valence-electron chi connectivity index (χ0n) is 13.4. The average molecular weight is 300 g/mol. The molecule has 120 valence electrons. The Morgan fingerprint density at radius 3 is 2.32 bits per heavy atom. The maximum Gasteiger partial charge on any atom is 0.220 e. The van der Waals surface area contributed by atoms with E-state index in [1.54, 1.807) is 0 Å². The minimum absolute atomic E-state index is 0.0613. The first-order valence-corrected chi connectivity index (χ1v) is 8.71. The molecule has 0 bridgehead atoms. The van der Waals surface area contributed by atoms with Crippen molar-refractivity contribution < 1.29 is 4.79 Å². The fourth-order valence-corrected chi connectivity index (χ4v) is 3.94. The highest BCUT2D eigenvalue weighted by atomic mass is 16.1. The van der Waals surface area contributed by atoms with Gasteiger partial charge in [-0.05, 0) is 43.2 Å². The molecule has 1 aromatic rings. The third-order valence-electron chi connectivity index (χ3n) is 5.75. The molecule has 0 saturated heterocycles. The second-order valence-corrected chi connectivity index (χ2v) is 7.36. The smallest absolute Gasteiger partial charge is 0.220 e.